The van der Waals surface area contributed by atoms with Gasteiger partial charge in [-0.1, -0.05) is 0 Å². The monoisotopic (exact) mass is 334 g/mol. The maximum Gasteiger partial charge on any atom is 0.266 e. The number of thiazole rings is 1. The molecule has 0 fully saturated rings. The Morgan fingerprint density at radius 1 is 1.33 bits per heavy atom. The Kier molecular flexibility index (Phi) is 4.26. The molecular formula is C12H12F2N2O3S2. The first-order valence-electron chi connectivity index (χ1n) is 5.81. The van der Waals surface area contributed by atoms with E-state index in [0.29, 0.717) is 5.69 Å². The molecule has 21 heavy (non-hydrogen) atoms. The van der Waals surface area contributed by atoms with Crippen molar-refractivity contribution in [3.63, 3.8) is 0 Å². The molecule has 0 bridgehead atoms. The second-order valence-corrected chi connectivity index (χ2v) is 7.12. The highest BCUT2D eigenvalue weighted by Gasteiger charge is 2.24. The zero-order chi connectivity index (χ0) is 15.8. The number of hydrogen-bond acceptors (Lipinski definition) is 5. The predicted molar refractivity (Wildman–Crippen MR) is 74.7 cm³/mol. The van der Waals surface area contributed by atoms with E-state index in [-0.39, 0.29) is 5.13 Å². The lowest BCUT2D eigenvalue weighted by Crippen LogP contribution is -2.16. The summed E-state index contributed by atoms with van der Waals surface area (Å²) >= 11 is 1.11. The SMILES string of the molecule is Cc1nc(NS(=O)(=O)c2ccc(F)c(CO)c2F)sc1C. The minimum Gasteiger partial charge on any atom is -0.391 e. The van der Waals surface area contributed by atoms with E-state index in [4.69, 9.17) is 5.11 Å². The van der Waals surface area contributed by atoms with Crippen LogP contribution in [0, 0.1) is 25.5 Å². The van der Waals surface area contributed by atoms with Crippen LogP contribution in [0.15, 0.2) is 17.0 Å². The van der Waals surface area contributed by atoms with Crippen LogP contribution in [0.5, 0.6) is 0 Å². The Morgan fingerprint density at radius 2 is 2.00 bits per heavy atom. The smallest absolute Gasteiger partial charge is 0.266 e. The van der Waals surface area contributed by atoms with Crippen molar-refractivity contribution < 1.29 is 22.3 Å². The first kappa shape index (κ1) is 15.8. The van der Waals surface area contributed by atoms with Gasteiger partial charge < -0.3 is 5.11 Å². The topological polar surface area (TPSA) is 79.3 Å². The third-order valence-corrected chi connectivity index (χ3v) is 5.32. The fourth-order valence-corrected chi connectivity index (χ4v) is 3.77. The van der Waals surface area contributed by atoms with Crippen LogP contribution in [0.2, 0.25) is 0 Å². The van der Waals surface area contributed by atoms with Crippen LogP contribution in [0.4, 0.5) is 13.9 Å². The van der Waals surface area contributed by atoms with Crippen molar-refractivity contribution in [3.8, 4) is 0 Å². The van der Waals surface area contributed by atoms with Gasteiger partial charge in [0.25, 0.3) is 10.0 Å². The van der Waals surface area contributed by atoms with E-state index in [1.807, 2.05) is 0 Å². The molecule has 0 atom stereocenters. The van der Waals surface area contributed by atoms with E-state index in [0.717, 1.165) is 28.3 Å². The first-order chi connectivity index (χ1) is 9.76. The van der Waals surface area contributed by atoms with Gasteiger partial charge in [-0.15, -0.1) is 11.3 Å². The largest absolute Gasteiger partial charge is 0.391 e. The Balaban J connectivity index is 2.45. The zero-order valence-corrected chi connectivity index (χ0v) is 12.8. The second kappa shape index (κ2) is 5.66. The number of nitrogens with one attached hydrogen (secondary N) is 1. The van der Waals surface area contributed by atoms with E-state index in [2.05, 4.69) is 9.71 Å². The molecular weight excluding hydrogens is 322 g/mol. The lowest BCUT2D eigenvalue weighted by atomic mass is 10.2. The molecule has 9 heteroatoms. The highest BCUT2D eigenvalue weighted by Crippen LogP contribution is 2.26. The number of aromatic nitrogens is 1. The summed E-state index contributed by atoms with van der Waals surface area (Å²) in [7, 11) is -4.25. The summed E-state index contributed by atoms with van der Waals surface area (Å²) in [5.41, 5.74) is -0.0299. The number of nitrogens with zero attached hydrogens (tertiary/aromatic N) is 1. The Morgan fingerprint density at radius 3 is 2.52 bits per heavy atom. The highest BCUT2D eigenvalue weighted by molar-refractivity contribution is 7.93. The number of aliphatic hydroxyl groups is 1. The molecule has 1 aromatic carbocycles. The number of hydrogen-bond donors (Lipinski definition) is 2. The summed E-state index contributed by atoms with van der Waals surface area (Å²) in [5, 5.41) is 9.01. The summed E-state index contributed by atoms with van der Waals surface area (Å²) in [6.45, 7) is 2.55. The van der Waals surface area contributed by atoms with Crippen molar-refractivity contribution in [2.75, 3.05) is 4.72 Å². The van der Waals surface area contributed by atoms with Gasteiger partial charge in [0.1, 0.15) is 10.7 Å². The summed E-state index contributed by atoms with van der Waals surface area (Å²) < 4.78 is 53.7. The normalized spacial score (nSPS) is 11.7. The quantitative estimate of drug-likeness (QED) is 0.899. The number of rotatable bonds is 4. The van der Waals surface area contributed by atoms with Crippen LogP contribution in [0.25, 0.3) is 0 Å². The first-order valence-corrected chi connectivity index (χ1v) is 8.11. The average Bonchev–Trinajstić information content (AvgIpc) is 2.67. The summed E-state index contributed by atoms with van der Waals surface area (Å²) in [6.07, 6.45) is 0. The fourth-order valence-electron chi connectivity index (χ4n) is 1.61. The molecule has 2 N–H and O–H groups in total. The number of anilines is 1. The van der Waals surface area contributed by atoms with Crippen LogP contribution in [0.3, 0.4) is 0 Å². The van der Waals surface area contributed by atoms with E-state index in [9.17, 15) is 17.2 Å². The van der Waals surface area contributed by atoms with Crippen LogP contribution in [-0.2, 0) is 16.6 Å². The molecule has 0 amide bonds. The van der Waals surface area contributed by atoms with Crippen molar-refractivity contribution >= 4 is 26.5 Å². The lowest BCUT2D eigenvalue weighted by Gasteiger charge is -2.09. The standard InChI is InChI=1S/C12H12F2N2O3S2/c1-6-7(2)20-12(15-6)16-21(18,19)10-4-3-9(13)8(5-17)11(10)14/h3-4,17H,5H2,1-2H3,(H,15,16). The van der Waals surface area contributed by atoms with Gasteiger partial charge in [0.05, 0.1) is 17.9 Å². The molecule has 0 aliphatic heterocycles. The second-order valence-electron chi connectivity index (χ2n) is 4.26. The summed E-state index contributed by atoms with van der Waals surface area (Å²) in [4.78, 5) is 4.08. The van der Waals surface area contributed by atoms with Gasteiger partial charge in [-0.2, -0.15) is 0 Å². The van der Waals surface area contributed by atoms with Crippen molar-refractivity contribution in [1.82, 2.24) is 4.98 Å². The summed E-state index contributed by atoms with van der Waals surface area (Å²) in [6, 6.07) is 1.60. The van der Waals surface area contributed by atoms with E-state index >= 15 is 0 Å². The molecule has 2 rings (SSSR count). The van der Waals surface area contributed by atoms with E-state index in [1.54, 1.807) is 13.8 Å². The highest BCUT2D eigenvalue weighted by atomic mass is 32.2. The van der Waals surface area contributed by atoms with Crippen molar-refractivity contribution in [2.24, 2.45) is 0 Å². The fraction of sp³-hybridized carbons (Fsp3) is 0.250. The maximum atomic E-state index is 14.0. The third-order valence-electron chi connectivity index (χ3n) is 2.85. The number of aliphatic hydroxyl groups excluding tert-OH is 1. The Labute approximate surface area is 124 Å². The van der Waals surface area contributed by atoms with Gasteiger partial charge >= 0.3 is 0 Å². The van der Waals surface area contributed by atoms with E-state index in [1.165, 1.54) is 0 Å². The van der Waals surface area contributed by atoms with Gasteiger partial charge in [-0.25, -0.2) is 22.2 Å². The van der Waals surface area contributed by atoms with Crippen molar-refractivity contribution in [1.29, 1.82) is 0 Å². The van der Waals surface area contributed by atoms with Crippen molar-refractivity contribution in [2.45, 2.75) is 25.3 Å². The van der Waals surface area contributed by atoms with Gasteiger partial charge in [0.15, 0.2) is 10.9 Å². The third kappa shape index (κ3) is 3.04. The average molecular weight is 334 g/mol. The lowest BCUT2D eigenvalue weighted by molar-refractivity contribution is 0.267. The number of benzene rings is 1. The molecule has 0 saturated carbocycles. The number of aryl methyl sites for hydroxylation is 2. The van der Waals surface area contributed by atoms with Crippen molar-refractivity contribution in [3.05, 3.63) is 39.9 Å². The molecule has 0 saturated heterocycles. The van der Waals surface area contributed by atoms with Gasteiger partial charge in [-0.3, -0.25) is 4.72 Å². The van der Waals surface area contributed by atoms with Crippen LogP contribution < -0.4 is 4.72 Å². The molecule has 0 spiro atoms. The number of halogens is 2. The van der Waals surface area contributed by atoms with Gasteiger partial charge in [0, 0.05) is 4.88 Å². The van der Waals surface area contributed by atoms with Crippen LogP contribution in [0.1, 0.15) is 16.1 Å². The van der Waals surface area contributed by atoms with Gasteiger partial charge in [0.2, 0.25) is 0 Å². The molecule has 1 aromatic heterocycles. The molecule has 0 unspecified atom stereocenters. The summed E-state index contributed by atoms with van der Waals surface area (Å²) in [5.74, 6) is -2.31. The molecule has 0 radical (unpaired) electrons. The Bertz CT molecular complexity index is 769. The minimum atomic E-state index is -4.25. The molecule has 5 nitrogen and oxygen atoms in total. The predicted octanol–water partition coefficient (Wildman–Crippen LogP) is 2.33. The molecule has 2 aromatic rings. The Hall–Kier alpha value is -1.58. The van der Waals surface area contributed by atoms with Crippen LogP contribution in [-0.4, -0.2) is 18.5 Å². The number of sulfonamides is 1. The van der Waals surface area contributed by atoms with E-state index < -0.39 is 38.7 Å². The molecule has 1 heterocycles. The van der Waals surface area contributed by atoms with Gasteiger partial charge in [-0.05, 0) is 26.0 Å². The minimum absolute atomic E-state index is 0.0965. The maximum absolute atomic E-state index is 14.0. The van der Waals surface area contributed by atoms with Crippen LogP contribution >= 0.6 is 11.3 Å². The molecule has 0 aliphatic rings. The zero-order valence-electron chi connectivity index (χ0n) is 11.1. The molecule has 0 aliphatic carbocycles. The molecule has 114 valence electrons.